The molecule has 0 bridgehead atoms. The monoisotopic (exact) mass is 284 g/mol. The van der Waals surface area contributed by atoms with Crippen LogP contribution in [0, 0.1) is 29.9 Å². The van der Waals surface area contributed by atoms with Gasteiger partial charge in [-0.1, -0.05) is 0 Å². The van der Waals surface area contributed by atoms with Gasteiger partial charge in [-0.3, -0.25) is 0 Å². The van der Waals surface area contributed by atoms with Crippen molar-refractivity contribution in [1.29, 1.82) is 0 Å². The Morgan fingerprint density at radius 3 is 0.500 bits per heavy atom. The summed E-state index contributed by atoms with van der Waals surface area (Å²) in [7, 11) is 0. The van der Waals surface area contributed by atoms with Crippen LogP contribution in [0.3, 0.4) is 0 Å². The normalized spacial score (nSPS) is 0. The molecule has 29 valence electrons. The van der Waals surface area contributed by atoms with E-state index < -0.39 is 0 Å². The van der Waals surface area contributed by atoms with Crippen molar-refractivity contribution >= 4 is 0 Å². The molecular formula is NpO3-6. The Balaban J connectivity index is 0. The Bertz CT molecular complexity index is 3.25. The molecule has 4 heteroatoms. The number of rotatable bonds is 0. The maximum absolute atomic E-state index is 0. The summed E-state index contributed by atoms with van der Waals surface area (Å²) in [6, 6.07) is 0. The van der Waals surface area contributed by atoms with Gasteiger partial charge in [-0.25, -0.2) is 0 Å². The Morgan fingerprint density at radius 2 is 0.500 bits per heavy atom. The van der Waals surface area contributed by atoms with E-state index in [9.17, 15) is 0 Å². The molecule has 0 atom stereocenters. The van der Waals surface area contributed by atoms with Crippen LogP contribution in [-0.4, -0.2) is 0 Å². The molecule has 0 rings (SSSR count). The fourth-order valence-electron chi connectivity index (χ4n) is 0. The number of hydrogen-bond acceptors (Lipinski definition) is 0. The second kappa shape index (κ2) is 40.9. The second-order valence-corrected chi connectivity index (χ2v) is 0. The van der Waals surface area contributed by atoms with E-state index in [1.54, 1.807) is 0 Å². The molecule has 0 unspecified atom stereocenters. The smallest absolute Gasteiger partial charge is 0 e. The summed E-state index contributed by atoms with van der Waals surface area (Å²) in [5, 5.41) is 0. The van der Waals surface area contributed by atoms with Crippen LogP contribution < -0.4 is 0 Å². The van der Waals surface area contributed by atoms with Crippen LogP contribution in [0.5, 0.6) is 0 Å². The van der Waals surface area contributed by atoms with Crippen molar-refractivity contribution in [2.75, 3.05) is 0 Å². The molecule has 0 fully saturated rings. The maximum atomic E-state index is 0. The van der Waals surface area contributed by atoms with E-state index in [1.807, 2.05) is 0 Å². The first-order valence-corrected chi connectivity index (χ1v) is 0. The Hall–Kier alpha value is 0.893. The summed E-state index contributed by atoms with van der Waals surface area (Å²) < 4.78 is 0. The molecule has 0 saturated carbocycles. The van der Waals surface area contributed by atoms with Crippen molar-refractivity contribution in [1.82, 2.24) is 0 Å². The molecule has 0 N–H and O–H groups in total. The van der Waals surface area contributed by atoms with Gasteiger partial charge in [0.05, 0.1) is 0 Å². The standard InChI is InChI=1S/Np.3O/q;3*-2. The van der Waals surface area contributed by atoms with Crippen LogP contribution in [-0.2, 0) is 16.4 Å². The van der Waals surface area contributed by atoms with Gasteiger partial charge in [0.1, 0.15) is 0 Å². The largest absolute Gasteiger partial charge is 2.00 e. The molecule has 4 heavy (non-hydrogen) atoms. The van der Waals surface area contributed by atoms with Gasteiger partial charge < -0.3 is 16.4 Å². The quantitative estimate of drug-likeness (QED) is 0.582. The minimum atomic E-state index is 0. The average Bonchev–Trinajstić information content (AvgIpc) is 0. The third kappa shape index (κ3) is 13.0. The molecule has 3 nitrogen and oxygen atoms in total. The summed E-state index contributed by atoms with van der Waals surface area (Å²) in [6.45, 7) is 0. The molecule has 1 radical (unpaired) electrons. The molecule has 0 heterocycles. The van der Waals surface area contributed by atoms with Gasteiger partial charge in [0.25, 0.3) is 0 Å². The van der Waals surface area contributed by atoms with Crippen LogP contribution >= 0.6 is 0 Å². The van der Waals surface area contributed by atoms with Gasteiger partial charge >= 0.3 is 0 Å². The number of hydrogen-bond donors (Lipinski definition) is 0. The predicted octanol–water partition coefficient (Wildman–Crippen LogP) is -0.356. The predicted molar refractivity (Wildman–Crippen MR) is 2.06 cm³/mol. The molecule has 0 aromatic carbocycles. The van der Waals surface area contributed by atoms with Gasteiger partial charge in [0.2, 0.25) is 0 Å². The molecule has 0 aliphatic carbocycles. The maximum Gasteiger partial charge on any atom is 0 e. The van der Waals surface area contributed by atoms with Crippen LogP contribution in [0.1, 0.15) is 0 Å². The zero-order valence-corrected chi connectivity index (χ0v) is 5.40. The molecular weight excluding hydrogens is 285 g/mol. The van der Waals surface area contributed by atoms with Gasteiger partial charge in [-0.2, -0.15) is 0 Å². The SMILES string of the molecule is [Np].[O-2].[O-2].[O-2]. The third-order valence-corrected chi connectivity index (χ3v) is 0. The fourth-order valence-corrected chi connectivity index (χ4v) is 0. The summed E-state index contributed by atoms with van der Waals surface area (Å²) in [5.41, 5.74) is 0. The molecule has 0 spiro atoms. The van der Waals surface area contributed by atoms with Crippen LogP contribution in [0.15, 0.2) is 0 Å². The van der Waals surface area contributed by atoms with E-state index >= 15 is 0 Å². The summed E-state index contributed by atoms with van der Waals surface area (Å²) >= 11 is 0. The average molecular weight is 285 g/mol. The second-order valence-electron chi connectivity index (χ2n) is 0. The van der Waals surface area contributed by atoms with E-state index in [1.165, 1.54) is 0 Å². The van der Waals surface area contributed by atoms with Crippen molar-refractivity contribution in [2.24, 2.45) is 0 Å². The van der Waals surface area contributed by atoms with Gasteiger partial charge in [-0.15, -0.1) is 0 Å². The van der Waals surface area contributed by atoms with Crippen LogP contribution in [0.4, 0.5) is 0 Å². The Kier molecular flexibility index (Phi) is 950. The van der Waals surface area contributed by atoms with E-state index in [0.29, 0.717) is 0 Å². The Labute approximate surface area is 46.6 Å². The molecule has 0 aliphatic heterocycles. The zero-order valence-electron chi connectivity index (χ0n) is 1.67. The summed E-state index contributed by atoms with van der Waals surface area (Å²) in [4.78, 5) is 0. The first-order valence-electron chi connectivity index (χ1n) is 0. The van der Waals surface area contributed by atoms with E-state index in [0.717, 1.165) is 0 Å². The molecule has 0 aliphatic rings. The third-order valence-electron chi connectivity index (χ3n) is 0. The topological polar surface area (TPSA) is 85.5 Å². The van der Waals surface area contributed by atoms with Crippen molar-refractivity contribution < 1.29 is 46.4 Å². The van der Waals surface area contributed by atoms with E-state index in [4.69, 9.17) is 0 Å². The molecule has 0 amide bonds. The van der Waals surface area contributed by atoms with E-state index in [-0.39, 0.29) is 46.4 Å². The van der Waals surface area contributed by atoms with Crippen molar-refractivity contribution in [3.05, 3.63) is 0 Å². The fraction of sp³-hybridized carbons (Fsp3) is 0. The first kappa shape index (κ1) is 93.0. The van der Waals surface area contributed by atoms with Crippen LogP contribution in [0.2, 0.25) is 0 Å². The first-order chi connectivity index (χ1) is 0. The van der Waals surface area contributed by atoms with Gasteiger partial charge in [0, 0.05) is 29.9 Å². The summed E-state index contributed by atoms with van der Waals surface area (Å²) in [5.74, 6) is 0. The Morgan fingerprint density at radius 1 is 0.500 bits per heavy atom. The zero-order chi connectivity index (χ0) is 0. The van der Waals surface area contributed by atoms with Crippen molar-refractivity contribution in [3.8, 4) is 0 Å². The van der Waals surface area contributed by atoms with E-state index in [2.05, 4.69) is 0 Å². The van der Waals surface area contributed by atoms with Gasteiger partial charge in [-0.05, 0) is 0 Å². The van der Waals surface area contributed by atoms with Gasteiger partial charge in [0.15, 0.2) is 0 Å². The van der Waals surface area contributed by atoms with Crippen LogP contribution in [0.25, 0.3) is 0 Å². The minimum Gasteiger partial charge on any atom is -2.00 e. The van der Waals surface area contributed by atoms with Crippen molar-refractivity contribution in [3.63, 3.8) is 0 Å². The summed E-state index contributed by atoms with van der Waals surface area (Å²) in [6.07, 6.45) is 0. The minimum absolute atomic E-state index is 0. The molecule has 0 aromatic heterocycles. The molecule has 0 aromatic rings. The molecule has 0 saturated heterocycles. The van der Waals surface area contributed by atoms with Crippen molar-refractivity contribution in [2.45, 2.75) is 0 Å².